The van der Waals surface area contributed by atoms with Crippen molar-refractivity contribution in [1.29, 1.82) is 0 Å². The van der Waals surface area contributed by atoms with Crippen molar-refractivity contribution in [3.05, 3.63) is 5.69 Å². The van der Waals surface area contributed by atoms with Crippen LogP contribution in [0, 0.1) is 6.92 Å². The minimum atomic E-state index is -0.388. The summed E-state index contributed by atoms with van der Waals surface area (Å²) in [6, 6.07) is -0.388. The van der Waals surface area contributed by atoms with Crippen LogP contribution in [0.1, 0.15) is 19.5 Å². The summed E-state index contributed by atoms with van der Waals surface area (Å²) in [5, 5.41) is 10.2. The Morgan fingerprint density at radius 2 is 2.26 bits per heavy atom. The molecule has 0 aliphatic heterocycles. The minimum Gasteiger partial charge on any atom is -0.394 e. The normalized spacial score (nSPS) is 12.2. The van der Waals surface area contributed by atoms with Gasteiger partial charge in [-0.1, -0.05) is 0 Å². The van der Waals surface area contributed by atoms with Crippen molar-refractivity contribution in [3.63, 3.8) is 0 Å². The van der Waals surface area contributed by atoms with Crippen LogP contribution in [0.25, 0.3) is 0 Å². The van der Waals surface area contributed by atoms with Crippen LogP contribution in [0.3, 0.4) is 0 Å². The zero-order chi connectivity index (χ0) is 14.4. The molecule has 19 heavy (non-hydrogen) atoms. The molecule has 1 unspecified atom stereocenters. The molecule has 0 aromatic carbocycles. The van der Waals surface area contributed by atoms with Gasteiger partial charge in [-0.3, -0.25) is 4.79 Å². The van der Waals surface area contributed by atoms with E-state index >= 15 is 0 Å². The molecule has 1 aromatic heterocycles. The van der Waals surface area contributed by atoms with Gasteiger partial charge in [0, 0.05) is 20.2 Å². The number of methoxy groups -OCH3 is 1. The van der Waals surface area contributed by atoms with Crippen molar-refractivity contribution in [2.75, 3.05) is 31.3 Å². The van der Waals surface area contributed by atoms with Gasteiger partial charge < -0.3 is 21.1 Å². The molecule has 0 saturated heterocycles. The fourth-order valence-electron chi connectivity index (χ4n) is 1.68. The zero-order valence-electron chi connectivity index (χ0n) is 12.0. The maximum Gasteiger partial charge on any atom is 0.242 e. The van der Waals surface area contributed by atoms with Crippen molar-refractivity contribution in [1.82, 2.24) is 15.1 Å². The van der Waals surface area contributed by atoms with E-state index in [0.29, 0.717) is 31.2 Å². The summed E-state index contributed by atoms with van der Waals surface area (Å²) in [5.74, 6) is 0.590. The maximum absolute atomic E-state index is 11.8. The quantitative estimate of drug-likeness (QED) is 0.621. The summed E-state index contributed by atoms with van der Waals surface area (Å²) in [6.07, 6.45) is 0. The van der Waals surface area contributed by atoms with Gasteiger partial charge in [-0.25, -0.2) is 4.68 Å². The summed E-state index contributed by atoms with van der Waals surface area (Å²) < 4.78 is 6.63. The molecule has 0 spiro atoms. The summed E-state index contributed by atoms with van der Waals surface area (Å²) >= 11 is 0. The molecule has 0 fully saturated rings. The van der Waals surface area contributed by atoms with Crippen LogP contribution in [0.4, 0.5) is 11.5 Å². The molecular weight excluding hydrogens is 246 g/mol. The molecule has 4 N–H and O–H groups in total. The topological polar surface area (TPSA) is 94.2 Å². The highest BCUT2D eigenvalue weighted by Gasteiger charge is 2.17. The highest BCUT2D eigenvalue weighted by Crippen LogP contribution is 2.22. The number of hydrogen-bond acceptors (Lipinski definition) is 5. The highest BCUT2D eigenvalue weighted by atomic mass is 16.5. The first-order valence-corrected chi connectivity index (χ1v) is 6.37. The molecule has 1 heterocycles. The molecule has 0 radical (unpaired) electrons. The lowest BCUT2D eigenvalue weighted by Crippen LogP contribution is -2.39. The number of ether oxygens (including phenoxy) is 1. The smallest absolute Gasteiger partial charge is 0.242 e. The molecule has 0 saturated carbocycles. The van der Waals surface area contributed by atoms with Gasteiger partial charge in [0.2, 0.25) is 5.91 Å². The van der Waals surface area contributed by atoms with Crippen molar-refractivity contribution >= 4 is 17.4 Å². The predicted molar refractivity (Wildman–Crippen MR) is 75.0 cm³/mol. The highest BCUT2D eigenvalue weighted by molar-refractivity contribution is 5.85. The lowest BCUT2D eigenvalue weighted by Gasteiger charge is -2.16. The minimum absolute atomic E-state index is 0.0991. The van der Waals surface area contributed by atoms with Gasteiger partial charge in [-0.2, -0.15) is 5.10 Å². The first-order chi connectivity index (χ1) is 9.01. The van der Waals surface area contributed by atoms with E-state index in [1.807, 2.05) is 13.8 Å². The number of nitrogens with zero attached hydrogens (tertiary/aromatic N) is 2. The van der Waals surface area contributed by atoms with Gasteiger partial charge >= 0.3 is 0 Å². The number of nitrogen functional groups attached to an aromatic ring is 1. The Kier molecular flexibility index (Phi) is 5.62. The van der Waals surface area contributed by atoms with Crippen LogP contribution in [-0.2, 0) is 16.1 Å². The lowest BCUT2D eigenvalue weighted by atomic mass is 10.3. The molecule has 0 bridgehead atoms. The average Bonchev–Trinajstić information content (AvgIpc) is 2.66. The van der Waals surface area contributed by atoms with Gasteiger partial charge in [0.15, 0.2) is 0 Å². The van der Waals surface area contributed by atoms with Crippen LogP contribution < -0.4 is 16.4 Å². The van der Waals surface area contributed by atoms with Crippen LogP contribution in [0.5, 0.6) is 0 Å². The molecule has 1 atom stereocenters. The van der Waals surface area contributed by atoms with Gasteiger partial charge in [-0.05, 0) is 20.8 Å². The van der Waals surface area contributed by atoms with Crippen molar-refractivity contribution in [3.8, 4) is 0 Å². The van der Waals surface area contributed by atoms with E-state index in [2.05, 4.69) is 15.7 Å². The van der Waals surface area contributed by atoms with Crippen molar-refractivity contribution in [2.45, 2.75) is 33.4 Å². The molecule has 108 valence electrons. The predicted octanol–water partition coefficient (Wildman–Crippen LogP) is 0.357. The second kappa shape index (κ2) is 6.98. The lowest BCUT2D eigenvalue weighted by molar-refractivity contribution is -0.121. The summed E-state index contributed by atoms with van der Waals surface area (Å²) in [5.41, 5.74) is 7.29. The number of amides is 1. The molecule has 7 heteroatoms. The Balaban J connectivity index is 2.66. The Morgan fingerprint density at radius 1 is 1.58 bits per heavy atom. The number of aromatic nitrogens is 2. The van der Waals surface area contributed by atoms with Crippen LogP contribution in [0.2, 0.25) is 0 Å². The van der Waals surface area contributed by atoms with Crippen LogP contribution >= 0.6 is 0 Å². The van der Waals surface area contributed by atoms with Crippen LogP contribution in [-0.4, -0.2) is 42.0 Å². The summed E-state index contributed by atoms with van der Waals surface area (Å²) in [7, 11) is 1.59. The number of aryl methyl sites for hydroxylation is 2. The van der Waals surface area contributed by atoms with Gasteiger partial charge in [0.05, 0.1) is 18.0 Å². The fraction of sp³-hybridized carbons (Fsp3) is 0.667. The molecule has 0 aliphatic rings. The van der Waals surface area contributed by atoms with E-state index in [-0.39, 0.29) is 11.9 Å². The molecule has 7 nitrogen and oxygen atoms in total. The summed E-state index contributed by atoms with van der Waals surface area (Å²) in [4.78, 5) is 11.8. The fourth-order valence-corrected chi connectivity index (χ4v) is 1.68. The molecule has 1 aromatic rings. The number of nitrogens with one attached hydrogen (secondary N) is 2. The number of rotatable bonds is 7. The molecule has 0 aliphatic carbocycles. The first-order valence-electron chi connectivity index (χ1n) is 6.37. The SMILES string of the molecule is CCn1nc(C)c(N)c1NC(C)C(=O)NCCOC. The molecule has 1 amide bonds. The van der Waals surface area contributed by atoms with Crippen molar-refractivity contribution < 1.29 is 9.53 Å². The third-order valence-electron chi connectivity index (χ3n) is 2.83. The Morgan fingerprint density at radius 3 is 2.84 bits per heavy atom. The Labute approximate surface area is 113 Å². The third kappa shape index (κ3) is 3.85. The summed E-state index contributed by atoms with van der Waals surface area (Å²) in [6.45, 7) is 7.27. The monoisotopic (exact) mass is 269 g/mol. The largest absolute Gasteiger partial charge is 0.394 e. The van der Waals surface area contributed by atoms with Gasteiger partial charge in [0.1, 0.15) is 11.9 Å². The van der Waals surface area contributed by atoms with E-state index in [1.54, 1.807) is 18.7 Å². The second-order valence-electron chi connectivity index (χ2n) is 4.31. The number of nitrogens with two attached hydrogens (primary N) is 1. The first kappa shape index (κ1) is 15.3. The number of carbonyl (C=O) groups excluding carboxylic acids is 1. The number of hydrogen-bond donors (Lipinski definition) is 3. The Bertz CT molecular complexity index is 430. The van der Waals surface area contributed by atoms with Gasteiger partial charge in [0.25, 0.3) is 0 Å². The molecule has 1 rings (SSSR count). The van der Waals surface area contributed by atoms with E-state index < -0.39 is 0 Å². The zero-order valence-corrected chi connectivity index (χ0v) is 12.0. The average molecular weight is 269 g/mol. The number of carbonyl (C=O) groups is 1. The second-order valence-corrected chi connectivity index (χ2v) is 4.31. The third-order valence-corrected chi connectivity index (χ3v) is 2.83. The van der Waals surface area contributed by atoms with E-state index in [4.69, 9.17) is 10.5 Å². The maximum atomic E-state index is 11.8. The van der Waals surface area contributed by atoms with Crippen LogP contribution in [0.15, 0.2) is 0 Å². The Hall–Kier alpha value is -1.76. The number of anilines is 2. The van der Waals surface area contributed by atoms with E-state index in [0.717, 1.165) is 5.69 Å². The molecular formula is C12H23N5O2. The van der Waals surface area contributed by atoms with E-state index in [1.165, 1.54) is 0 Å². The standard InChI is InChI=1S/C12H23N5O2/c1-5-17-11(10(13)8(2)16-17)15-9(3)12(18)14-6-7-19-4/h9,15H,5-7,13H2,1-4H3,(H,14,18). The van der Waals surface area contributed by atoms with Gasteiger partial charge in [-0.15, -0.1) is 0 Å². The van der Waals surface area contributed by atoms with Crippen molar-refractivity contribution in [2.24, 2.45) is 0 Å². The van der Waals surface area contributed by atoms with E-state index in [9.17, 15) is 4.79 Å².